The Bertz CT molecular complexity index is 826. The number of aromatic nitrogens is 1. The first-order valence-electron chi connectivity index (χ1n) is 7.20. The Morgan fingerprint density at radius 2 is 1.78 bits per heavy atom. The lowest BCUT2D eigenvalue weighted by Crippen LogP contribution is -2.04. The van der Waals surface area contributed by atoms with Crippen LogP contribution in [0.25, 0.3) is 10.9 Å². The Kier molecular flexibility index (Phi) is 3.94. The first-order chi connectivity index (χ1) is 11.0. The fourth-order valence-corrected chi connectivity index (χ4v) is 2.34. The van der Waals surface area contributed by atoms with Gasteiger partial charge in [-0.25, -0.2) is 0 Å². The third-order valence-electron chi connectivity index (χ3n) is 3.55. The normalized spacial score (nSPS) is 11.7. The molecule has 0 fully saturated rings. The molecule has 0 atom stereocenters. The third kappa shape index (κ3) is 3.28. The fourth-order valence-electron chi connectivity index (χ4n) is 2.34. The van der Waals surface area contributed by atoms with Crippen LogP contribution in [-0.4, -0.2) is 4.98 Å². The molecule has 0 radical (unpaired) electrons. The lowest BCUT2D eigenvalue weighted by atomic mass is 10.1. The van der Waals surface area contributed by atoms with E-state index in [2.05, 4.69) is 4.98 Å². The number of benzene rings is 2. The molecule has 0 unspecified atom stereocenters. The monoisotopic (exact) mass is 317 g/mol. The van der Waals surface area contributed by atoms with Gasteiger partial charge in [-0.3, -0.25) is 4.98 Å². The van der Waals surface area contributed by atoms with Gasteiger partial charge in [0.05, 0.1) is 5.56 Å². The summed E-state index contributed by atoms with van der Waals surface area (Å²) in [5.41, 5.74) is 1.06. The van der Waals surface area contributed by atoms with Gasteiger partial charge in [0.1, 0.15) is 11.3 Å². The lowest BCUT2D eigenvalue weighted by Gasteiger charge is -2.11. The Morgan fingerprint density at radius 3 is 2.43 bits per heavy atom. The molecule has 0 amide bonds. The average molecular weight is 317 g/mol. The van der Waals surface area contributed by atoms with Crippen molar-refractivity contribution in [3.63, 3.8) is 0 Å². The molecule has 0 spiro atoms. The van der Waals surface area contributed by atoms with Crippen molar-refractivity contribution in [1.29, 1.82) is 0 Å². The maximum Gasteiger partial charge on any atom is 0.416 e. The zero-order valence-corrected chi connectivity index (χ0v) is 12.4. The second-order valence-electron chi connectivity index (χ2n) is 5.15. The summed E-state index contributed by atoms with van der Waals surface area (Å²) >= 11 is 0. The van der Waals surface area contributed by atoms with E-state index in [0.717, 1.165) is 29.5 Å². The summed E-state index contributed by atoms with van der Waals surface area (Å²) < 4.78 is 43.6. The van der Waals surface area contributed by atoms with Crippen LogP contribution in [0, 0.1) is 0 Å². The van der Waals surface area contributed by atoms with Gasteiger partial charge in [-0.1, -0.05) is 13.0 Å². The Labute approximate surface area is 131 Å². The summed E-state index contributed by atoms with van der Waals surface area (Å²) in [6.45, 7) is 2.03. The van der Waals surface area contributed by atoms with Crippen LogP contribution >= 0.6 is 0 Å². The summed E-state index contributed by atoms with van der Waals surface area (Å²) in [7, 11) is 0. The molecule has 0 aliphatic rings. The van der Waals surface area contributed by atoms with Gasteiger partial charge in [-0.2, -0.15) is 13.2 Å². The van der Waals surface area contributed by atoms with E-state index in [1.54, 1.807) is 6.20 Å². The minimum atomic E-state index is -4.35. The van der Waals surface area contributed by atoms with Gasteiger partial charge in [0, 0.05) is 11.6 Å². The molecule has 2 aromatic carbocycles. The molecular weight excluding hydrogens is 303 g/mol. The van der Waals surface area contributed by atoms with E-state index in [1.165, 1.54) is 12.1 Å². The highest BCUT2D eigenvalue weighted by Gasteiger charge is 2.30. The van der Waals surface area contributed by atoms with Crippen molar-refractivity contribution in [1.82, 2.24) is 4.98 Å². The van der Waals surface area contributed by atoms with Crippen LogP contribution in [0.2, 0.25) is 0 Å². The van der Waals surface area contributed by atoms with Crippen molar-refractivity contribution in [2.75, 3.05) is 0 Å². The molecule has 3 rings (SSSR count). The van der Waals surface area contributed by atoms with Crippen LogP contribution in [0.1, 0.15) is 18.1 Å². The number of hydrogen-bond acceptors (Lipinski definition) is 2. The number of ether oxygens (including phenoxy) is 1. The maximum atomic E-state index is 12.6. The Morgan fingerprint density at radius 1 is 1.04 bits per heavy atom. The molecule has 23 heavy (non-hydrogen) atoms. The summed E-state index contributed by atoms with van der Waals surface area (Å²) in [6, 6.07) is 12.3. The summed E-state index contributed by atoms with van der Waals surface area (Å²) in [5, 5.41) is 0.939. The van der Waals surface area contributed by atoms with Crippen molar-refractivity contribution < 1.29 is 17.9 Å². The number of aryl methyl sites for hydroxylation is 1. The molecule has 0 N–H and O–H groups in total. The van der Waals surface area contributed by atoms with Gasteiger partial charge >= 0.3 is 6.18 Å². The quantitative estimate of drug-likeness (QED) is 0.626. The van der Waals surface area contributed by atoms with E-state index in [0.29, 0.717) is 17.0 Å². The van der Waals surface area contributed by atoms with Gasteiger partial charge in [0.2, 0.25) is 0 Å². The van der Waals surface area contributed by atoms with Crippen molar-refractivity contribution in [3.05, 3.63) is 65.9 Å². The van der Waals surface area contributed by atoms with Gasteiger partial charge in [-0.05, 0) is 54.4 Å². The zero-order chi connectivity index (χ0) is 16.4. The number of halogens is 3. The minimum absolute atomic E-state index is 0.346. The minimum Gasteiger partial charge on any atom is -0.455 e. The van der Waals surface area contributed by atoms with Gasteiger partial charge in [-0.15, -0.1) is 0 Å². The van der Waals surface area contributed by atoms with Crippen LogP contribution in [-0.2, 0) is 12.6 Å². The van der Waals surface area contributed by atoms with Gasteiger partial charge < -0.3 is 4.74 Å². The van der Waals surface area contributed by atoms with Gasteiger partial charge in [0.25, 0.3) is 0 Å². The number of nitrogens with zero attached hydrogens (tertiary/aromatic N) is 1. The largest absolute Gasteiger partial charge is 0.455 e. The molecule has 3 aromatic rings. The van der Waals surface area contributed by atoms with E-state index in [4.69, 9.17) is 4.74 Å². The molecule has 1 heterocycles. The van der Waals surface area contributed by atoms with Crippen LogP contribution < -0.4 is 4.74 Å². The van der Waals surface area contributed by atoms with Crippen LogP contribution in [0.5, 0.6) is 11.5 Å². The molecule has 0 aliphatic carbocycles. The second kappa shape index (κ2) is 5.91. The Balaban J connectivity index is 1.98. The predicted molar refractivity (Wildman–Crippen MR) is 82.6 cm³/mol. The highest BCUT2D eigenvalue weighted by molar-refractivity contribution is 5.85. The summed E-state index contributed by atoms with van der Waals surface area (Å²) in [6.07, 6.45) is -1.86. The standard InChI is InChI=1S/C18H14F3NO/c1-2-12-10-13-4-3-9-22-17(13)16(11-12)23-15-7-5-14(6-8-15)18(19,20)21/h3-11H,2H2,1H3. The van der Waals surface area contributed by atoms with Crippen LogP contribution in [0.15, 0.2) is 54.7 Å². The molecular formula is C18H14F3NO. The molecule has 2 nitrogen and oxygen atoms in total. The van der Waals surface area contributed by atoms with Crippen LogP contribution in [0.3, 0.4) is 0 Å². The summed E-state index contributed by atoms with van der Waals surface area (Å²) in [4.78, 5) is 4.30. The van der Waals surface area contributed by atoms with Crippen molar-refractivity contribution >= 4 is 10.9 Å². The van der Waals surface area contributed by atoms with E-state index in [1.807, 2.05) is 31.2 Å². The second-order valence-corrected chi connectivity index (χ2v) is 5.15. The van der Waals surface area contributed by atoms with Crippen molar-refractivity contribution in [3.8, 4) is 11.5 Å². The Hall–Kier alpha value is -2.56. The summed E-state index contributed by atoms with van der Waals surface area (Å²) in [5.74, 6) is 0.887. The molecule has 0 aliphatic heterocycles. The number of alkyl halides is 3. The molecule has 0 saturated carbocycles. The van der Waals surface area contributed by atoms with Gasteiger partial charge in [0.15, 0.2) is 5.75 Å². The first-order valence-corrected chi connectivity index (χ1v) is 7.20. The van der Waals surface area contributed by atoms with E-state index in [-0.39, 0.29) is 0 Å². The van der Waals surface area contributed by atoms with E-state index in [9.17, 15) is 13.2 Å². The number of hydrogen-bond donors (Lipinski definition) is 0. The van der Waals surface area contributed by atoms with Crippen molar-refractivity contribution in [2.45, 2.75) is 19.5 Å². The van der Waals surface area contributed by atoms with E-state index < -0.39 is 11.7 Å². The average Bonchev–Trinajstić information content (AvgIpc) is 2.54. The smallest absolute Gasteiger partial charge is 0.416 e. The maximum absolute atomic E-state index is 12.6. The topological polar surface area (TPSA) is 22.1 Å². The highest BCUT2D eigenvalue weighted by Crippen LogP contribution is 2.33. The predicted octanol–water partition coefficient (Wildman–Crippen LogP) is 5.61. The first kappa shape index (κ1) is 15.3. The van der Waals surface area contributed by atoms with Crippen molar-refractivity contribution in [2.24, 2.45) is 0 Å². The number of rotatable bonds is 3. The molecule has 0 bridgehead atoms. The SMILES string of the molecule is CCc1cc(Oc2ccc(C(F)(F)F)cc2)c2ncccc2c1. The molecule has 1 aromatic heterocycles. The molecule has 118 valence electrons. The lowest BCUT2D eigenvalue weighted by molar-refractivity contribution is -0.137. The fraction of sp³-hybridized carbons (Fsp3) is 0.167. The number of pyridine rings is 1. The highest BCUT2D eigenvalue weighted by atomic mass is 19.4. The van der Waals surface area contributed by atoms with Crippen LogP contribution in [0.4, 0.5) is 13.2 Å². The third-order valence-corrected chi connectivity index (χ3v) is 3.55. The van der Waals surface area contributed by atoms with E-state index >= 15 is 0 Å². The molecule has 5 heteroatoms. The zero-order valence-electron chi connectivity index (χ0n) is 12.4. The molecule has 0 saturated heterocycles. The number of fused-ring (bicyclic) bond motifs is 1.